The van der Waals surface area contributed by atoms with Crippen molar-refractivity contribution in [3.05, 3.63) is 0 Å². The third-order valence-corrected chi connectivity index (χ3v) is 2.72. The van der Waals surface area contributed by atoms with Crippen LogP contribution in [0.15, 0.2) is 0 Å². The third-order valence-electron chi connectivity index (χ3n) is 2.72. The van der Waals surface area contributed by atoms with Gasteiger partial charge in [0.25, 0.3) is 0 Å². The summed E-state index contributed by atoms with van der Waals surface area (Å²) < 4.78 is 0. The predicted octanol–water partition coefficient (Wildman–Crippen LogP) is -0.0361. The van der Waals surface area contributed by atoms with Crippen LogP contribution in [0.5, 0.6) is 0 Å². The summed E-state index contributed by atoms with van der Waals surface area (Å²) in [5.41, 5.74) is 11.0. The van der Waals surface area contributed by atoms with Crippen molar-refractivity contribution in [2.24, 2.45) is 0 Å². The van der Waals surface area contributed by atoms with E-state index >= 15 is 0 Å². The smallest absolute Gasteiger partial charge is 0.229 e. The van der Waals surface area contributed by atoms with Crippen molar-refractivity contribution < 1.29 is 0 Å². The van der Waals surface area contributed by atoms with Crippen molar-refractivity contribution in [2.75, 3.05) is 36.9 Å². The molecule has 1 aliphatic rings. The minimum Gasteiger partial charge on any atom is -0.368 e. The Morgan fingerprint density at radius 2 is 1.65 bits per heavy atom. The largest absolute Gasteiger partial charge is 0.368 e. The minimum absolute atomic E-state index is 0. The Kier molecular flexibility index (Phi) is 4.71. The molecule has 0 unspecified atom stereocenters. The number of hydrogen-bond donors (Lipinski definition) is 3. The number of anilines is 3. The van der Waals surface area contributed by atoms with Crippen molar-refractivity contribution in [3.8, 4) is 0 Å². The van der Waals surface area contributed by atoms with Crippen LogP contribution in [0.25, 0.3) is 0 Å². The second kappa shape index (κ2) is 5.83. The van der Waals surface area contributed by atoms with Crippen LogP contribution in [0, 0.1) is 0 Å². The van der Waals surface area contributed by atoms with E-state index in [1.54, 1.807) is 0 Å². The van der Waals surface area contributed by atoms with E-state index in [0.717, 1.165) is 25.9 Å². The summed E-state index contributed by atoms with van der Waals surface area (Å²) in [5, 5.41) is 3.23. The van der Waals surface area contributed by atoms with E-state index in [0.29, 0.717) is 12.0 Å². The molecular formula is C9H18ClN7. The standard InChI is InChI=1S/C9H17N7.ClH/c1-16-4-2-6(3-5-16)12-9-14-7(10)13-8(11)15-9;/h6H,2-5H2,1H3,(H5,10,11,12,13,14,15);1H. The van der Waals surface area contributed by atoms with Gasteiger partial charge < -0.3 is 21.7 Å². The van der Waals surface area contributed by atoms with E-state index in [1.165, 1.54) is 0 Å². The molecule has 1 aromatic rings. The van der Waals surface area contributed by atoms with E-state index in [2.05, 4.69) is 32.2 Å². The first-order chi connectivity index (χ1) is 7.63. The molecule has 7 nitrogen and oxygen atoms in total. The number of halogens is 1. The van der Waals surface area contributed by atoms with E-state index < -0.39 is 0 Å². The van der Waals surface area contributed by atoms with E-state index in [4.69, 9.17) is 11.5 Å². The van der Waals surface area contributed by atoms with Crippen molar-refractivity contribution in [3.63, 3.8) is 0 Å². The first kappa shape index (κ1) is 13.7. The van der Waals surface area contributed by atoms with Gasteiger partial charge in [-0.3, -0.25) is 0 Å². The van der Waals surface area contributed by atoms with Gasteiger partial charge in [0.2, 0.25) is 17.8 Å². The monoisotopic (exact) mass is 259 g/mol. The highest BCUT2D eigenvalue weighted by Gasteiger charge is 2.17. The number of nitrogens with one attached hydrogen (secondary N) is 1. The van der Waals surface area contributed by atoms with Crippen LogP contribution in [-0.2, 0) is 0 Å². The summed E-state index contributed by atoms with van der Waals surface area (Å²) in [7, 11) is 2.12. The summed E-state index contributed by atoms with van der Waals surface area (Å²) >= 11 is 0. The molecule has 0 aliphatic carbocycles. The van der Waals surface area contributed by atoms with Gasteiger partial charge in [0.1, 0.15) is 0 Å². The molecule has 0 radical (unpaired) electrons. The molecule has 96 valence electrons. The summed E-state index contributed by atoms with van der Waals surface area (Å²) in [6.07, 6.45) is 2.14. The fourth-order valence-electron chi connectivity index (χ4n) is 1.81. The Morgan fingerprint density at radius 1 is 1.12 bits per heavy atom. The maximum atomic E-state index is 5.50. The molecule has 1 fully saturated rings. The summed E-state index contributed by atoms with van der Waals surface area (Å²) in [4.78, 5) is 14.0. The molecule has 0 atom stereocenters. The lowest BCUT2D eigenvalue weighted by molar-refractivity contribution is 0.263. The van der Waals surface area contributed by atoms with Gasteiger partial charge in [-0.15, -0.1) is 12.4 Å². The molecule has 1 saturated heterocycles. The van der Waals surface area contributed by atoms with Crippen LogP contribution in [-0.4, -0.2) is 46.0 Å². The molecule has 0 spiro atoms. The molecule has 17 heavy (non-hydrogen) atoms. The van der Waals surface area contributed by atoms with Gasteiger partial charge in [-0.05, 0) is 33.0 Å². The van der Waals surface area contributed by atoms with Gasteiger partial charge in [0.15, 0.2) is 0 Å². The van der Waals surface area contributed by atoms with Crippen LogP contribution in [0.3, 0.4) is 0 Å². The van der Waals surface area contributed by atoms with Gasteiger partial charge in [0, 0.05) is 6.04 Å². The number of nitrogens with zero attached hydrogens (tertiary/aromatic N) is 4. The molecule has 8 heteroatoms. The lowest BCUT2D eigenvalue weighted by Gasteiger charge is -2.29. The lowest BCUT2D eigenvalue weighted by Crippen LogP contribution is -2.37. The molecule has 0 bridgehead atoms. The van der Waals surface area contributed by atoms with Crippen LogP contribution in [0.2, 0.25) is 0 Å². The summed E-state index contributed by atoms with van der Waals surface area (Å²) in [5.74, 6) is 0.783. The van der Waals surface area contributed by atoms with Gasteiger partial charge in [0.05, 0.1) is 0 Å². The number of nitrogens with two attached hydrogens (primary N) is 2. The highest BCUT2D eigenvalue weighted by Crippen LogP contribution is 2.13. The van der Waals surface area contributed by atoms with Crippen molar-refractivity contribution >= 4 is 30.3 Å². The quantitative estimate of drug-likeness (QED) is 0.684. The van der Waals surface area contributed by atoms with E-state index in [-0.39, 0.29) is 24.3 Å². The number of likely N-dealkylation sites (tertiary alicyclic amines) is 1. The first-order valence-corrected chi connectivity index (χ1v) is 5.35. The zero-order valence-electron chi connectivity index (χ0n) is 9.76. The average Bonchev–Trinajstić information content (AvgIpc) is 2.20. The first-order valence-electron chi connectivity index (χ1n) is 5.35. The maximum Gasteiger partial charge on any atom is 0.229 e. The second-order valence-electron chi connectivity index (χ2n) is 4.10. The molecule has 5 N–H and O–H groups in total. The van der Waals surface area contributed by atoms with Gasteiger partial charge >= 0.3 is 0 Å². The number of hydrogen-bond acceptors (Lipinski definition) is 7. The Balaban J connectivity index is 0.00000144. The topological polar surface area (TPSA) is 106 Å². The van der Waals surface area contributed by atoms with E-state index in [1.807, 2.05) is 0 Å². The van der Waals surface area contributed by atoms with E-state index in [9.17, 15) is 0 Å². The highest BCUT2D eigenvalue weighted by molar-refractivity contribution is 5.85. The second-order valence-corrected chi connectivity index (χ2v) is 4.10. The Bertz CT molecular complexity index is 344. The Morgan fingerprint density at radius 3 is 2.18 bits per heavy atom. The van der Waals surface area contributed by atoms with Gasteiger partial charge in [-0.1, -0.05) is 0 Å². The normalized spacial score (nSPS) is 17.5. The van der Waals surface area contributed by atoms with Crippen LogP contribution >= 0.6 is 12.4 Å². The predicted molar refractivity (Wildman–Crippen MR) is 70.0 cm³/mol. The molecule has 2 heterocycles. The zero-order chi connectivity index (χ0) is 11.5. The zero-order valence-corrected chi connectivity index (χ0v) is 10.6. The van der Waals surface area contributed by atoms with Crippen LogP contribution < -0.4 is 16.8 Å². The maximum absolute atomic E-state index is 5.50. The minimum atomic E-state index is 0. The van der Waals surface area contributed by atoms with Crippen molar-refractivity contribution in [2.45, 2.75) is 18.9 Å². The number of piperidine rings is 1. The summed E-state index contributed by atoms with van der Waals surface area (Å²) in [6, 6.07) is 0.386. The van der Waals surface area contributed by atoms with Gasteiger partial charge in [-0.25, -0.2) is 0 Å². The fraction of sp³-hybridized carbons (Fsp3) is 0.667. The van der Waals surface area contributed by atoms with Crippen molar-refractivity contribution in [1.29, 1.82) is 0 Å². The Hall–Kier alpha value is -1.34. The molecule has 1 aliphatic heterocycles. The lowest BCUT2D eigenvalue weighted by atomic mass is 10.1. The third kappa shape index (κ3) is 3.86. The Labute approximate surface area is 106 Å². The number of nitrogen functional groups attached to an aromatic ring is 2. The SMILES string of the molecule is CN1CCC(Nc2nc(N)nc(N)n2)CC1.Cl. The van der Waals surface area contributed by atoms with Gasteiger partial charge in [-0.2, -0.15) is 15.0 Å². The van der Waals surface area contributed by atoms with Crippen LogP contribution in [0.1, 0.15) is 12.8 Å². The number of aromatic nitrogens is 3. The molecule has 2 rings (SSSR count). The molecule has 0 amide bonds. The van der Waals surface area contributed by atoms with Crippen LogP contribution in [0.4, 0.5) is 17.8 Å². The molecular weight excluding hydrogens is 242 g/mol. The highest BCUT2D eigenvalue weighted by atomic mass is 35.5. The average molecular weight is 260 g/mol. The van der Waals surface area contributed by atoms with Crippen molar-refractivity contribution in [1.82, 2.24) is 19.9 Å². The molecule has 0 saturated carbocycles. The summed E-state index contributed by atoms with van der Waals surface area (Å²) in [6.45, 7) is 2.15. The number of rotatable bonds is 2. The molecule has 0 aromatic carbocycles. The molecule has 1 aromatic heterocycles. The fourth-order valence-corrected chi connectivity index (χ4v) is 1.81.